The Kier molecular flexibility index (Phi) is 4.59. The molecular formula is C11H20N6O3S. The minimum Gasteiger partial charge on any atom is -0.338 e. The Morgan fingerprint density at radius 1 is 1.38 bits per heavy atom. The summed E-state index contributed by atoms with van der Waals surface area (Å²) in [6.45, 7) is 3.31. The molecule has 0 aliphatic carbocycles. The fraction of sp³-hybridized carbons (Fsp3) is 0.727. The van der Waals surface area contributed by atoms with Crippen molar-refractivity contribution in [1.29, 1.82) is 0 Å². The Morgan fingerprint density at radius 2 is 2.00 bits per heavy atom. The number of carbonyl (C=O) groups is 1. The summed E-state index contributed by atoms with van der Waals surface area (Å²) in [6, 6.07) is -0.229. The van der Waals surface area contributed by atoms with Crippen LogP contribution in [0.1, 0.15) is 18.7 Å². The first kappa shape index (κ1) is 15.9. The number of nitrogens with two attached hydrogens (primary N) is 1. The monoisotopic (exact) mass is 316 g/mol. The molecule has 1 aromatic heterocycles. The van der Waals surface area contributed by atoms with Crippen molar-refractivity contribution < 1.29 is 13.2 Å². The van der Waals surface area contributed by atoms with Crippen molar-refractivity contribution in [3.05, 3.63) is 11.9 Å². The van der Waals surface area contributed by atoms with Crippen molar-refractivity contribution in [2.75, 3.05) is 32.4 Å². The largest absolute Gasteiger partial charge is 0.338 e. The first-order chi connectivity index (χ1) is 9.77. The van der Waals surface area contributed by atoms with Gasteiger partial charge in [-0.15, -0.1) is 5.10 Å². The molecule has 0 radical (unpaired) electrons. The van der Waals surface area contributed by atoms with E-state index in [1.807, 2.05) is 0 Å². The second kappa shape index (κ2) is 6.08. The molecule has 2 rings (SSSR count). The summed E-state index contributed by atoms with van der Waals surface area (Å²) in [5, 5.41) is 7.75. The highest BCUT2D eigenvalue weighted by Gasteiger charge is 2.26. The Bertz CT molecular complexity index is 603. The molecule has 118 valence electrons. The lowest BCUT2D eigenvalue weighted by Crippen LogP contribution is -2.51. The van der Waals surface area contributed by atoms with Crippen molar-refractivity contribution in [1.82, 2.24) is 24.2 Å². The van der Waals surface area contributed by atoms with Crippen molar-refractivity contribution >= 4 is 15.9 Å². The van der Waals surface area contributed by atoms with Gasteiger partial charge in [0.25, 0.3) is 0 Å². The van der Waals surface area contributed by atoms with E-state index in [2.05, 4.69) is 10.3 Å². The maximum atomic E-state index is 12.1. The van der Waals surface area contributed by atoms with E-state index in [1.54, 1.807) is 18.0 Å². The van der Waals surface area contributed by atoms with Crippen LogP contribution >= 0.6 is 0 Å². The summed E-state index contributed by atoms with van der Waals surface area (Å²) in [6.07, 6.45) is 2.82. The van der Waals surface area contributed by atoms with E-state index < -0.39 is 10.0 Å². The number of rotatable bonds is 4. The molecule has 1 fully saturated rings. The molecule has 0 bridgehead atoms. The van der Waals surface area contributed by atoms with Gasteiger partial charge in [0, 0.05) is 32.2 Å². The molecule has 1 saturated heterocycles. The molecule has 1 amide bonds. The van der Waals surface area contributed by atoms with Crippen LogP contribution in [0, 0.1) is 0 Å². The quantitative estimate of drug-likeness (QED) is 0.715. The highest BCUT2D eigenvalue weighted by atomic mass is 32.2. The van der Waals surface area contributed by atoms with Gasteiger partial charge in [-0.1, -0.05) is 5.21 Å². The predicted octanol–water partition coefficient (Wildman–Crippen LogP) is -1.60. The standard InChI is InChI=1S/C11H20N6O3S/c1-9(12)10-7-16(14-13-10)8-11(18)15-3-5-17(6-4-15)21(2,19)20/h7,9H,3-6,8,12H2,1-2H3. The maximum absolute atomic E-state index is 12.1. The number of hydrogen-bond donors (Lipinski definition) is 1. The van der Waals surface area contributed by atoms with Gasteiger partial charge in [-0.25, -0.2) is 13.1 Å². The second-order valence-corrected chi connectivity index (χ2v) is 7.15. The molecule has 10 heteroatoms. The predicted molar refractivity (Wildman–Crippen MR) is 75.6 cm³/mol. The molecule has 1 aliphatic rings. The van der Waals surface area contributed by atoms with Crippen LogP contribution in [-0.4, -0.2) is 71.0 Å². The molecule has 9 nitrogen and oxygen atoms in total. The van der Waals surface area contributed by atoms with Gasteiger partial charge in [-0.05, 0) is 6.92 Å². The fourth-order valence-electron chi connectivity index (χ4n) is 2.11. The summed E-state index contributed by atoms with van der Waals surface area (Å²) in [7, 11) is -3.19. The van der Waals surface area contributed by atoms with Gasteiger partial charge in [0.2, 0.25) is 15.9 Å². The molecular weight excluding hydrogens is 296 g/mol. The van der Waals surface area contributed by atoms with E-state index in [-0.39, 0.29) is 18.5 Å². The summed E-state index contributed by atoms with van der Waals surface area (Å²) in [5.74, 6) is -0.107. The zero-order chi connectivity index (χ0) is 15.6. The second-order valence-electron chi connectivity index (χ2n) is 5.17. The van der Waals surface area contributed by atoms with Crippen LogP contribution in [0.25, 0.3) is 0 Å². The molecule has 1 atom stereocenters. The minimum atomic E-state index is -3.19. The van der Waals surface area contributed by atoms with E-state index in [0.29, 0.717) is 31.9 Å². The summed E-state index contributed by atoms with van der Waals surface area (Å²) < 4.78 is 25.6. The van der Waals surface area contributed by atoms with Gasteiger partial charge < -0.3 is 10.6 Å². The van der Waals surface area contributed by atoms with Crippen LogP contribution < -0.4 is 5.73 Å². The molecule has 2 N–H and O–H groups in total. The highest BCUT2D eigenvalue weighted by molar-refractivity contribution is 7.88. The topological polar surface area (TPSA) is 114 Å². The van der Waals surface area contributed by atoms with E-state index in [9.17, 15) is 13.2 Å². The molecule has 0 spiro atoms. The van der Waals surface area contributed by atoms with Crippen LogP contribution in [-0.2, 0) is 21.4 Å². The van der Waals surface area contributed by atoms with Gasteiger partial charge in [0.05, 0.1) is 18.1 Å². The number of amides is 1. The minimum absolute atomic E-state index is 0.0819. The summed E-state index contributed by atoms with van der Waals surface area (Å²) in [5.41, 5.74) is 6.31. The smallest absolute Gasteiger partial charge is 0.244 e. The number of sulfonamides is 1. The normalized spacial score (nSPS) is 18.7. The average Bonchev–Trinajstić information content (AvgIpc) is 2.86. The zero-order valence-electron chi connectivity index (χ0n) is 12.1. The molecule has 21 heavy (non-hydrogen) atoms. The molecule has 0 aromatic carbocycles. The lowest BCUT2D eigenvalue weighted by Gasteiger charge is -2.33. The van der Waals surface area contributed by atoms with Crippen LogP contribution in [0.5, 0.6) is 0 Å². The maximum Gasteiger partial charge on any atom is 0.244 e. The number of piperazine rings is 1. The average molecular weight is 316 g/mol. The van der Waals surface area contributed by atoms with Crippen LogP contribution in [0.3, 0.4) is 0 Å². The Balaban J connectivity index is 1.90. The molecule has 2 heterocycles. The van der Waals surface area contributed by atoms with Crippen molar-refractivity contribution in [2.24, 2.45) is 5.73 Å². The fourth-order valence-corrected chi connectivity index (χ4v) is 2.93. The Labute approximate surface area is 123 Å². The van der Waals surface area contributed by atoms with E-state index >= 15 is 0 Å². The number of aromatic nitrogens is 3. The third-order valence-electron chi connectivity index (χ3n) is 3.38. The Morgan fingerprint density at radius 3 is 2.48 bits per heavy atom. The first-order valence-corrected chi connectivity index (χ1v) is 8.50. The SMILES string of the molecule is CC(N)c1cn(CC(=O)N2CCN(S(C)(=O)=O)CC2)nn1. The van der Waals surface area contributed by atoms with Crippen LogP contribution in [0.15, 0.2) is 6.20 Å². The summed E-state index contributed by atoms with van der Waals surface area (Å²) >= 11 is 0. The molecule has 1 aromatic rings. The lowest BCUT2D eigenvalue weighted by molar-refractivity contribution is -0.133. The van der Waals surface area contributed by atoms with Gasteiger partial charge in [-0.2, -0.15) is 4.31 Å². The summed E-state index contributed by atoms with van der Waals surface area (Å²) in [4.78, 5) is 13.8. The molecule has 1 aliphatic heterocycles. The van der Waals surface area contributed by atoms with Gasteiger partial charge in [-0.3, -0.25) is 4.79 Å². The van der Waals surface area contributed by atoms with E-state index in [1.165, 1.54) is 15.2 Å². The van der Waals surface area contributed by atoms with Crippen LogP contribution in [0.4, 0.5) is 0 Å². The molecule has 1 unspecified atom stereocenters. The number of nitrogens with zero attached hydrogens (tertiary/aromatic N) is 5. The Hall–Kier alpha value is -1.52. The highest BCUT2D eigenvalue weighted by Crippen LogP contribution is 2.08. The van der Waals surface area contributed by atoms with Crippen molar-refractivity contribution in [2.45, 2.75) is 19.5 Å². The number of carbonyl (C=O) groups excluding carboxylic acids is 1. The van der Waals surface area contributed by atoms with E-state index in [0.717, 1.165) is 0 Å². The lowest BCUT2D eigenvalue weighted by atomic mass is 10.3. The first-order valence-electron chi connectivity index (χ1n) is 6.66. The van der Waals surface area contributed by atoms with E-state index in [4.69, 9.17) is 5.73 Å². The zero-order valence-corrected chi connectivity index (χ0v) is 13.0. The van der Waals surface area contributed by atoms with Gasteiger partial charge in [0.15, 0.2) is 0 Å². The number of hydrogen-bond acceptors (Lipinski definition) is 6. The van der Waals surface area contributed by atoms with Gasteiger partial charge >= 0.3 is 0 Å². The molecule has 0 saturated carbocycles. The van der Waals surface area contributed by atoms with Crippen molar-refractivity contribution in [3.8, 4) is 0 Å². The third-order valence-corrected chi connectivity index (χ3v) is 4.68. The van der Waals surface area contributed by atoms with Crippen LogP contribution in [0.2, 0.25) is 0 Å². The van der Waals surface area contributed by atoms with Gasteiger partial charge in [0.1, 0.15) is 6.54 Å². The van der Waals surface area contributed by atoms with Crippen molar-refractivity contribution in [3.63, 3.8) is 0 Å². The third kappa shape index (κ3) is 3.99.